The molecule has 0 aliphatic carbocycles. The van der Waals surface area contributed by atoms with Crippen molar-refractivity contribution >= 4 is 0 Å². The van der Waals surface area contributed by atoms with Crippen molar-refractivity contribution in [1.82, 2.24) is 10.3 Å². The first-order valence-corrected chi connectivity index (χ1v) is 5.55. The highest BCUT2D eigenvalue weighted by Gasteiger charge is 2.38. The Bertz CT molecular complexity index is 364. The summed E-state index contributed by atoms with van der Waals surface area (Å²) < 4.78 is 16.2. The zero-order valence-electron chi connectivity index (χ0n) is 10.4. The summed E-state index contributed by atoms with van der Waals surface area (Å²) in [5.74, 6) is 1.49. The van der Waals surface area contributed by atoms with Gasteiger partial charge in [0.1, 0.15) is 11.5 Å². The number of hydrogen-bond donors (Lipinski definition) is 1. The third-order valence-electron chi connectivity index (χ3n) is 3.24. The number of rotatable bonds is 5. The molecule has 5 nitrogen and oxygen atoms in total. The average molecular weight is 238 g/mol. The molecular weight excluding hydrogens is 220 g/mol. The van der Waals surface area contributed by atoms with Crippen LogP contribution in [0.2, 0.25) is 0 Å². The molecule has 0 amide bonds. The van der Waals surface area contributed by atoms with Gasteiger partial charge in [0, 0.05) is 32.2 Å². The Labute approximate surface area is 101 Å². The number of nitrogens with one attached hydrogen (secondary N) is 1. The monoisotopic (exact) mass is 238 g/mol. The van der Waals surface area contributed by atoms with Crippen LogP contribution in [0.5, 0.6) is 11.5 Å². The molecule has 1 aliphatic heterocycles. The van der Waals surface area contributed by atoms with Crippen LogP contribution >= 0.6 is 0 Å². The number of aromatic nitrogens is 1. The van der Waals surface area contributed by atoms with Crippen molar-refractivity contribution in [1.29, 1.82) is 0 Å². The minimum Gasteiger partial charge on any atom is -0.495 e. The molecule has 0 bridgehead atoms. The maximum absolute atomic E-state index is 5.58. The van der Waals surface area contributed by atoms with Crippen molar-refractivity contribution in [3.8, 4) is 11.5 Å². The van der Waals surface area contributed by atoms with Gasteiger partial charge in [0.15, 0.2) is 0 Å². The van der Waals surface area contributed by atoms with Gasteiger partial charge in [-0.1, -0.05) is 0 Å². The number of ether oxygens (including phenoxy) is 3. The van der Waals surface area contributed by atoms with Crippen molar-refractivity contribution in [2.24, 2.45) is 0 Å². The fraction of sp³-hybridized carbons (Fsp3) is 0.583. The topological polar surface area (TPSA) is 52.6 Å². The maximum atomic E-state index is 5.58. The fourth-order valence-electron chi connectivity index (χ4n) is 2.04. The predicted molar refractivity (Wildman–Crippen MR) is 63.7 cm³/mol. The lowest BCUT2D eigenvalue weighted by molar-refractivity contribution is -0.0508. The molecule has 1 aromatic heterocycles. The Hall–Kier alpha value is -1.33. The normalized spacial score (nSPS) is 17.4. The first-order valence-electron chi connectivity index (χ1n) is 5.55. The van der Waals surface area contributed by atoms with Crippen LogP contribution in [-0.2, 0) is 11.2 Å². The van der Waals surface area contributed by atoms with Crippen molar-refractivity contribution in [3.05, 3.63) is 18.0 Å². The molecular formula is C12H18N2O3. The molecule has 94 valence electrons. The molecule has 2 rings (SSSR count). The molecule has 0 radical (unpaired) electrons. The van der Waals surface area contributed by atoms with E-state index in [2.05, 4.69) is 10.3 Å². The first-order chi connectivity index (χ1) is 8.24. The van der Waals surface area contributed by atoms with Crippen LogP contribution < -0.4 is 14.8 Å². The molecule has 1 saturated heterocycles. The lowest BCUT2D eigenvalue weighted by atomic mass is 9.88. The highest BCUT2D eigenvalue weighted by atomic mass is 16.5. The Morgan fingerprint density at radius 2 is 1.76 bits per heavy atom. The van der Waals surface area contributed by atoms with E-state index in [0.29, 0.717) is 0 Å². The summed E-state index contributed by atoms with van der Waals surface area (Å²) in [5.41, 5.74) is 0.857. The number of nitrogens with zero attached hydrogens (tertiary/aromatic N) is 1. The Morgan fingerprint density at radius 1 is 1.18 bits per heavy atom. The van der Waals surface area contributed by atoms with Crippen LogP contribution in [0.4, 0.5) is 0 Å². The van der Waals surface area contributed by atoms with Gasteiger partial charge in [-0.3, -0.25) is 4.98 Å². The van der Waals surface area contributed by atoms with Gasteiger partial charge in [0.2, 0.25) is 0 Å². The van der Waals surface area contributed by atoms with Crippen LogP contribution in [0.15, 0.2) is 12.4 Å². The third kappa shape index (κ3) is 2.21. The van der Waals surface area contributed by atoms with Crippen molar-refractivity contribution < 1.29 is 14.2 Å². The summed E-state index contributed by atoms with van der Waals surface area (Å²) in [4.78, 5) is 4.08. The molecule has 0 atom stereocenters. The van der Waals surface area contributed by atoms with E-state index in [1.165, 1.54) is 0 Å². The predicted octanol–water partition coefficient (Wildman–Crippen LogP) is 0.630. The third-order valence-corrected chi connectivity index (χ3v) is 3.24. The largest absolute Gasteiger partial charge is 0.495 e. The van der Waals surface area contributed by atoms with Gasteiger partial charge < -0.3 is 19.5 Å². The molecule has 0 aromatic carbocycles. The van der Waals surface area contributed by atoms with E-state index in [4.69, 9.17) is 14.2 Å². The minimum absolute atomic E-state index is 0.151. The first kappa shape index (κ1) is 12.1. The molecule has 17 heavy (non-hydrogen) atoms. The summed E-state index contributed by atoms with van der Waals surface area (Å²) in [6.45, 7) is 1.69. The van der Waals surface area contributed by atoms with E-state index in [1.54, 1.807) is 33.7 Å². The van der Waals surface area contributed by atoms with E-state index in [-0.39, 0.29) is 5.60 Å². The van der Waals surface area contributed by atoms with Crippen molar-refractivity contribution in [3.63, 3.8) is 0 Å². The van der Waals surface area contributed by atoms with Crippen LogP contribution in [0.3, 0.4) is 0 Å². The molecule has 0 spiro atoms. The SMILES string of the molecule is COc1cncc(OC)c1CC1(OC)CNC1. The number of methoxy groups -OCH3 is 3. The summed E-state index contributed by atoms with van der Waals surface area (Å²) in [6.07, 6.45) is 4.16. The molecule has 1 fully saturated rings. The van der Waals surface area contributed by atoms with Crippen molar-refractivity contribution in [2.45, 2.75) is 12.0 Å². The van der Waals surface area contributed by atoms with Crippen LogP contribution in [0.25, 0.3) is 0 Å². The highest BCUT2D eigenvalue weighted by Crippen LogP contribution is 2.33. The van der Waals surface area contributed by atoms with Gasteiger partial charge in [0.05, 0.1) is 32.2 Å². The van der Waals surface area contributed by atoms with Crippen LogP contribution in [-0.4, -0.2) is 45.0 Å². The van der Waals surface area contributed by atoms with Gasteiger partial charge in [-0.2, -0.15) is 0 Å². The van der Waals surface area contributed by atoms with E-state index in [0.717, 1.165) is 36.6 Å². The molecule has 0 saturated carbocycles. The summed E-state index contributed by atoms with van der Waals surface area (Å²) in [6, 6.07) is 0. The molecule has 2 heterocycles. The standard InChI is InChI=1S/C12H18N2O3/c1-15-10-5-13-6-11(16-2)9(10)4-12(17-3)7-14-8-12/h5-6,14H,4,7-8H2,1-3H3. The van der Waals surface area contributed by atoms with E-state index < -0.39 is 0 Å². The second-order valence-corrected chi connectivity index (χ2v) is 4.19. The van der Waals surface area contributed by atoms with Gasteiger partial charge in [-0.15, -0.1) is 0 Å². The fourth-order valence-corrected chi connectivity index (χ4v) is 2.04. The average Bonchev–Trinajstić information content (AvgIpc) is 2.33. The Morgan fingerprint density at radius 3 is 2.12 bits per heavy atom. The van der Waals surface area contributed by atoms with Crippen LogP contribution in [0, 0.1) is 0 Å². The summed E-state index contributed by atoms with van der Waals surface area (Å²) in [5, 5.41) is 3.23. The molecule has 5 heteroatoms. The Kier molecular flexibility index (Phi) is 3.49. The van der Waals surface area contributed by atoms with Gasteiger partial charge in [-0.25, -0.2) is 0 Å². The van der Waals surface area contributed by atoms with Gasteiger partial charge in [0.25, 0.3) is 0 Å². The minimum atomic E-state index is -0.151. The second kappa shape index (κ2) is 4.89. The lowest BCUT2D eigenvalue weighted by Gasteiger charge is -2.41. The molecule has 1 aromatic rings. The van der Waals surface area contributed by atoms with Crippen molar-refractivity contribution in [2.75, 3.05) is 34.4 Å². The second-order valence-electron chi connectivity index (χ2n) is 4.19. The number of hydrogen-bond acceptors (Lipinski definition) is 5. The van der Waals surface area contributed by atoms with Gasteiger partial charge >= 0.3 is 0 Å². The lowest BCUT2D eigenvalue weighted by Crippen LogP contribution is -2.61. The summed E-state index contributed by atoms with van der Waals surface area (Å²) in [7, 11) is 5.01. The molecule has 1 aliphatic rings. The molecule has 1 N–H and O–H groups in total. The van der Waals surface area contributed by atoms with Crippen LogP contribution in [0.1, 0.15) is 5.56 Å². The van der Waals surface area contributed by atoms with E-state index >= 15 is 0 Å². The maximum Gasteiger partial charge on any atom is 0.144 e. The zero-order valence-corrected chi connectivity index (χ0v) is 10.4. The van der Waals surface area contributed by atoms with Gasteiger partial charge in [-0.05, 0) is 0 Å². The summed E-state index contributed by atoms with van der Waals surface area (Å²) >= 11 is 0. The number of pyridine rings is 1. The van der Waals surface area contributed by atoms with E-state index in [1.807, 2.05) is 0 Å². The quantitative estimate of drug-likeness (QED) is 0.815. The zero-order chi connectivity index (χ0) is 12.3. The van der Waals surface area contributed by atoms with E-state index in [9.17, 15) is 0 Å². The Balaban J connectivity index is 2.29. The highest BCUT2D eigenvalue weighted by molar-refractivity contribution is 5.43. The molecule has 0 unspecified atom stereocenters. The smallest absolute Gasteiger partial charge is 0.144 e.